The minimum absolute atomic E-state index is 0.323. The number of aliphatic hydroxyl groups is 1. The first-order valence-electron chi connectivity index (χ1n) is 5.75. The van der Waals surface area contributed by atoms with Crippen LogP contribution in [-0.2, 0) is 12.6 Å². The second-order valence-corrected chi connectivity index (χ2v) is 5.05. The third kappa shape index (κ3) is 1.69. The van der Waals surface area contributed by atoms with Crippen molar-refractivity contribution in [2.45, 2.75) is 38.7 Å². The average molecular weight is 208 g/mol. The highest BCUT2D eigenvalue weighted by Gasteiger charge is 2.41. The lowest BCUT2D eigenvalue weighted by atomic mass is 9.70. The van der Waals surface area contributed by atoms with E-state index in [1.165, 1.54) is 6.42 Å². The smallest absolute Gasteiger partial charge is 0.109 e. The van der Waals surface area contributed by atoms with Crippen LogP contribution in [0.1, 0.15) is 38.8 Å². The number of aryl methyl sites for hydroxylation is 1. The summed E-state index contributed by atoms with van der Waals surface area (Å²) < 4.78 is 1.80. The van der Waals surface area contributed by atoms with Crippen LogP contribution in [0.2, 0.25) is 0 Å². The molecule has 1 aromatic rings. The molecule has 0 bridgehead atoms. The zero-order valence-corrected chi connectivity index (χ0v) is 9.77. The Morgan fingerprint density at radius 3 is 2.80 bits per heavy atom. The summed E-state index contributed by atoms with van der Waals surface area (Å²) in [6.45, 7) is 4.35. The number of hydrogen-bond donors (Lipinski definition) is 1. The Kier molecular flexibility index (Phi) is 2.59. The average Bonchev–Trinajstić information content (AvgIpc) is 2.59. The van der Waals surface area contributed by atoms with Gasteiger partial charge in [0.1, 0.15) is 5.60 Å². The van der Waals surface area contributed by atoms with Crippen molar-refractivity contribution in [3.05, 3.63) is 18.0 Å². The van der Waals surface area contributed by atoms with Crippen LogP contribution in [-0.4, -0.2) is 14.9 Å². The van der Waals surface area contributed by atoms with E-state index in [0.717, 1.165) is 18.5 Å². The van der Waals surface area contributed by atoms with E-state index in [0.29, 0.717) is 11.8 Å². The Labute approximate surface area is 91.1 Å². The predicted molar refractivity (Wildman–Crippen MR) is 59.3 cm³/mol. The van der Waals surface area contributed by atoms with Crippen molar-refractivity contribution in [3.8, 4) is 0 Å². The molecule has 1 fully saturated rings. The molecule has 1 saturated carbocycles. The summed E-state index contributed by atoms with van der Waals surface area (Å²) >= 11 is 0. The molecule has 3 atom stereocenters. The van der Waals surface area contributed by atoms with Gasteiger partial charge in [-0.15, -0.1) is 0 Å². The Morgan fingerprint density at radius 1 is 1.47 bits per heavy atom. The molecule has 0 amide bonds. The second kappa shape index (κ2) is 3.63. The molecule has 0 radical (unpaired) electrons. The predicted octanol–water partition coefficient (Wildman–Crippen LogP) is 2.06. The van der Waals surface area contributed by atoms with Gasteiger partial charge in [-0.1, -0.05) is 20.3 Å². The maximum atomic E-state index is 10.8. The Morgan fingerprint density at radius 2 is 2.20 bits per heavy atom. The van der Waals surface area contributed by atoms with Crippen molar-refractivity contribution in [1.29, 1.82) is 0 Å². The van der Waals surface area contributed by atoms with Gasteiger partial charge in [0.15, 0.2) is 0 Å². The molecule has 0 aromatic carbocycles. The third-order valence-electron chi connectivity index (χ3n) is 3.83. The molecule has 1 N–H and O–H groups in total. The lowest BCUT2D eigenvalue weighted by Gasteiger charge is -2.40. The van der Waals surface area contributed by atoms with Crippen molar-refractivity contribution in [3.63, 3.8) is 0 Å². The molecular formula is C12H20N2O. The van der Waals surface area contributed by atoms with Crippen LogP contribution in [0.15, 0.2) is 12.3 Å². The van der Waals surface area contributed by atoms with Crippen LogP contribution in [0.3, 0.4) is 0 Å². The SMILES string of the molecule is CC1CCC(C)C(O)(c2ccnn2C)C1. The first kappa shape index (κ1) is 10.7. The number of rotatable bonds is 1. The largest absolute Gasteiger partial charge is 0.383 e. The summed E-state index contributed by atoms with van der Waals surface area (Å²) in [5.74, 6) is 0.921. The second-order valence-electron chi connectivity index (χ2n) is 5.05. The van der Waals surface area contributed by atoms with Crippen LogP contribution in [0.5, 0.6) is 0 Å². The number of nitrogens with zero attached hydrogens (tertiary/aromatic N) is 2. The quantitative estimate of drug-likeness (QED) is 0.767. The van der Waals surface area contributed by atoms with Crippen molar-refractivity contribution in [2.75, 3.05) is 0 Å². The summed E-state index contributed by atoms with van der Waals surface area (Å²) in [5, 5.41) is 14.9. The van der Waals surface area contributed by atoms with Crippen molar-refractivity contribution in [1.82, 2.24) is 9.78 Å². The summed E-state index contributed by atoms with van der Waals surface area (Å²) in [5.41, 5.74) is 0.282. The maximum absolute atomic E-state index is 10.8. The minimum Gasteiger partial charge on any atom is -0.383 e. The van der Waals surface area contributed by atoms with Gasteiger partial charge in [0.05, 0.1) is 5.69 Å². The molecule has 2 rings (SSSR count). The van der Waals surface area contributed by atoms with E-state index in [9.17, 15) is 5.11 Å². The van der Waals surface area contributed by atoms with Gasteiger partial charge in [-0.3, -0.25) is 4.68 Å². The molecule has 1 aliphatic rings. The molecule has 1 aliphatic carbocycles. The molecule has 0 spiro atoms. The monoisotopic (exact) mass is 208 g/mol. The van der Waals surface area contributed by atoms with E-state index in [1.54, 1.807) is 10.9 Å². The first-order chi connectivity index (χ1) is 7.04. The Hall–Kier alpha value is -0.830. The molecular weight excluding hydrogens is 188 g/mol. The fourth-order valence-electron chi connectivity index (χ4n) is 2.76. The van der Waals surface area contributed by atoms with E-state index in [1.807, 2.05) is 13.1 Å². The molecule has 3 heteroatoms. The highest BCUT2D eigenvalue weighted by molar-refractivity contribution is 5.14. The van der Waals surface area contributed by atoms with Crippen molar-refractivity contribution >= 4 is 0 Å². The lowest BCUT2D eigenvalue weighted by molar-refractivity contribution is -0.0687. The van der Waals surface area contributed by atoms with Crippen LogP contribution in [0.4, 0.5) is 0 Å². The maximum Gasteiger partial charge on any atom is 0.109 e. The minimum atomic E-state index is -0.678. The molecule has 3 unspecified atom stereocenters. The summed E-state index contributed by atoms with van der Waals surface area (Å²) in [4.78, 5) is 0. The van der Waals surface area contributed by atoms with E-state index in [2.05, 4.69) is 18.9 Å². The fourth-order valence-corrected chi connectivity index (χ4v) is 2.76. The zero-order chi connectivity index (χ0) is 11.1. The molecule has 0 saturated heterocycles. The van der Waals surface area contributed by atoms with E-state index in [4.69, 9.17) is 0 Å². The van der Waals surface area contributed by atoms with E-state index in [-0.39, 0.29) is 0 Å². The van der Waals surface area contributed by atoms with Gasteiger partial charge >= 0.3 is 0 Å². The topological polar surface area (TPSA) is 38.1 Å². The molecule has 15 heavy (non-hydrogen) atoms. The van der Waals surface area contributed by atoms with Crippen LogP contribution in [0.25, 0.3) is 0 Å². The van der Waals surface area contributed by atoms with Crippen LogP contribution in [0, 0.1) is 11.8 Å². The van der Waals surface area contributed by atoms with Crippen molar-refractivity contribution in [2.24, 2.45) is 18.9 Å². The number of aromatic nitrogens is 2. The van der Waals surface area contributed by atoms with Crippen LogP contribution < -0.4 is 0 Å². The molecule has 1 heterocycles. The normalized spacial score (nSPS) is 36.8. The van der Waals surface area contributed by atoms with Gasteiger partial charge in [-0.2, -0.15) is 5.10 Å². The van der Waals surface area contributed by atoms with Gasteiger partial charge < -0.3 is 5.11 Å². The molecule has 3 nitrogen and oxygen atoms in total. The standard InChI is InChI=1S/C12H20N2O/c1-9-4-5-10(2)12(15,8-9)11-6-7-13-14(11)3/h6-7,9-10,15H,4-5,8H2,1-3H3. The van der Waals surface area contributed by atoms with Crippen molar-refractivity contribution < 1.29 is 5.11 Å². The summed E-state index contributed by atoms with van der Waals surface area (Å²) in [6, 6.07) is 1.94. The van der Waals surface area contributed by atoms with Gasteiger partial charge in [-0.05, 0) is 30.7 Å². The molecule has 1 aromatic heterocycles. The zero-order valence-electron chi connectivity index (χ0n) is 9.77. The van der Waals surface area contributed by atoms with Gasteiger partial charge in [0.2, 0.25) is 0 Å². The van der Waals surface area contributed by atoms with Gasteiger partial charge in [0, 0.05) is 13.2 Å². The number of hydrogen-bond acceptors (Lipinski definition) is 2. The molecule has 84 valence electrons. The summed E-state index contributed by atoms with van der Waals surface area (Å²) in [7, 11) is 1.90. The highest BCUT2D eigenvalue weighted by Crippen LogP contribution is 2.43. The fraction of sp³-hybridized carbons (Fsp3) is 0.750. The van der Waals surface area contributed by atoms with E-state index < -0.39 is 5.60 Å². The van der Waals surface area contributed by atoms with Crippen LogP contribution >= 0.6 is 0 Å². The highest BCUT2D eigenvalue weighted by atomic mass is 16.3. The van der Waals surface area contributed by atoms with Gasteiger partial charge in [0.25, 0.3) is 0 Å². The lowest BCUT2D eigenvalue weighted by Crippen LogP contribution is -2.40. The first-order valence-corrected chi connectivity index (χ1v) is 5.75. The Bertz CT molecular complexity index is 347. The third-order valence-corrected chi connectivity index (χ3v) is 3.83. The summed E-state index contributed by atoms with van der Waals surface area (Å²) in [6.07, 6.45) is 4.94. The van der Waals surface area contributed by atoms with E-state index >= 15 is 0 Å². The molecule has 0 aliphatic heterocycles. The Balaban J connectivity index is 2.35. The van der Waals surface area contributed by atoms with Gasteiger partial charge in [-0.25, -0.2) is 0 Å².